The lowest BCUT2D eigenvalue weighted by Gasteiger charge is -2.35. The molecule has 24 heavy (non-hydrogen) atoms. The predicted molar refractivity (Wildman–Crippen MR) is 92.2 cm³/mol. The molecule has 1 fully saturated rings. The maximum atomic E-state index is 12.2. The molecule has 7 heteroatoms. The van der Waals surface area contributed by atoms with Crippen LogP contribution < -0.4 is 10.2 Å². The van der Waals surface area contributed by atoms with Gasteiger partial charge in [0.25, 0.3) is 0 Å². The van der Waals surface area contributed by atoms with Gasteiger partial charge in [0.05, 0.1) is 10.7 Å². The van der Waals surface area contributed by atoms with Crippen LogP contribution in [0.2, 0.25) is 5.02 Å². The van der Waals surface area contributed by atoms with E-state index in [9.17, 15) is 4.79 Å². The second-order valence-electron chi connectivity index (χ2n) is 6.04. The Hall–Kier alpha value is -2.08. The highest BCUT2D eigenvalue weighted by atomic mass is 35.5. The van der Waals surface area contributed by atoms with Crippen molar-refractivity contribution in [3.8, 4) is 0 Å². The minimum atomic E-state index is 0.0110. The van der Waals surface area contributed by atoms with Crippen LogP contribution in [0, 0.1) is 6.92 Å². The number of rotatable bonds is 5. The van der Waals surface area contributed by atoms with Crippen molar-refractivity contribution in [1.82, 2.24) is 15.5 Å². The fourth-order valence-electron chi connectivity index (χ4n) is 2.98. The monoisotopic (exact) mass is 348 g/mol. The summed E-state index contributed by atoms with van der Waals surface area (Å²) in [5.74, 6) is 1.11. The van der Waals surface area contributed by atoms with Crippen LogP contribution in [-0.4, -0.2) is 35.2 Å². The number of nitrogens with one attached hydrogen (secondary N) is 1. The molecule has 2 heterocycles. The van der Waals surface area contributed by atoms with Gasteiger partial charge >= 0.3 is 0 Å². The molecule has 0 spiro atoms. The van der Waals surface area contributed by atoms with Crippen molar-refractivity contribution in [2.24, 2.45) is 0 Å². The Morgan fingerprint density at radius 3 is 3.04 bits per heavy atom. The summed E-state index contributed by atoms with van der Waals surface area (Å²) in [6.07, 6.45) is 2.82. The number of para-hydroxylation sites is 1. The zero-order chi connectivity index (χ0) is 16.9. The molecule has 128 valence electrons. The third-order valence-corrected chi connectivity index (χ3v) is 4.43. The van der Waals surface area contributed by atoms with E-state index in [0.29, 0.717) is 24.6 Å². The second-order valence-corrected chi connectivity index (χ2v) is 6.45. The average Bonchev–Trinajstić information content (AvgIpc) is 2.99. The number of nitrogens with zero attached hydrogens (tertiary/aromatic N) is 3. The molecule has 0 aliphatic carbocycles. The van der Waals surface area contributed by atoms with Gasteiger partial charge in [0.1, 0.15) is 0 Å². The van der Waals surface area contributed by atoms with Crippen LogP contribution in [0.25, 0.3) is 0 Å². The summed E-state index contributed by atoms with van der Waals surface area (Å²) in [5.41, 5.74) is 1.03. The molecular formula is C17H21ClN4O2. The molecular weight excluding hydrogens is 328 g/mol. The first-order valence-corrected chi connectivity index (χ1v) is 8.57. The summed E-state index contributed by atoms with van der Waals surface area (Å²) in [6, 6.07) is 7.95. The molecule has 0 unspecified atom stereocenters. The van der Waals surface area contributed by atoms with Gasteiger partial charge in [-0.05, 0) is 31.9 Å². The molecule has 1 aliphatic rings. The Labute approximate surface area is 146 Å². The van der Waals surface area contributed by atoms with Crippen LogP contribution in [0.15, 0.2) is 28.8 Å². The topological polar surface area (TPSA) is 71.3 Å². The van der Waals surface area contributed by atoms with Crippen molar-refractivity contribution in [1.29, 1.82) is 0 Å². The van der Waals surface area contributed by atoms with Gasteiger partial charge in [0, 0.05) is 32.0 Å². The van der Waals surface area contributed by atoms with E-state index in [0.717, 1.165) is 36.6 Å². The van der Waals surface area contributed by atoms with Crippen molar-refractivity contribution < 1.29 is 9.32 Å². The SMILES string of the molecule is Cc1noc(CCC(=O)N[C@@H]2CCCN(c3ccccc3Cl)C2)n1. The molecule has 3 rings (SSSR count). The predicted octanol–water partition coefficient (Wildman–Crippen LogP) is 2.75. The summed E-state index contributed by atoms with van der Waals surface area (Å²) in [7, 11) is 0. The highest BCUT2D eigenvalue weighted by molar-refractivity contribution is 6.33. The third kappa shape index (κ3) is 4.26. The summed E-state index contributed by atoms with van der Waals surface area (Å²) in [4.78, 5) is 18.5. The first-order valence-electron chi connectivity index (χ1n) is 8.20. The molecule has 1 amide bonds. The molecule has 0 bridgehead atoms. The van der Waals surface area contributed by atoms with Crippen LogP contribution in [0.1, 0.15) is 31.0 Å². The van der Waals surface area contributed by atoms with E-state index in [2.05, 4.69) is 20.4 Å². The van der Waals surface area contributed by atoms with Crippen LogP contribution >= 0.6 is 11.6 Å². The number of carbonyl (C=O) groups is 1. The van der Waals surface area contributed by atoms with Crippen LogP contribution in [0.4, 0.5) is 5.69 Å². The summed E-state index contributed by atoms with van der Waals surface area (Å²) in [5, 5.41) is 7.57. The third-order valence-electron chi connectivity index (χ3n) is 4.12. The van der Waals surface area contributed by atoms with Gasteiger partial charge in [0.15, 0.2) is 5.82 Å². The first kappa shape index (κ1) is 16.8. The molecule has 1 aromatic heterocycles. The number of carbonyl (C=O) groups excluding carboxylic acids is 1. The molecule has 1 N–H and O–H groups in total. The average molecular weight is 349 g/mol. The minimum absolute atomic E-state index is 0.0110. The molecule has 6 nitrogen and oxygen atoms in total. The zero-order valence-corrected chi connectivity index (χ0v) is 14.4. The number of benzene rings is 1. The van der Waals surface area contributed by atoms with Crippen molar-refractivity contribution in [2.75, 3.05) is 18.0 Å². The number of hydrogen-bond donors (Lipinski definition) is 1. The Balaban J connectivity index is 1.51. The normalized spacial score (nSPS) is 17.8. The Morgan fingerprint density at radius 1 is 1.46 bits per heavy atom. The molecule has 1 aromatic carbocycles. The number of anilines is 1. The van der Waals surface area contributed by atoms with Crippen molar-refractivity contribution in [2.45, 2.75) is 38.6 Å². The molecule has 1 aliphatic heterocycles. The zero-order valence-electron chi connectivity index (χ0n) is 13.7. The Kier molecular flexibility index (Phi) is 5.35. The number of aryl methyl sites for hydroxylation is 2. The van der Waals surface area contributed by atoms with E-state index < -0.39 is 0 Å². The number of halogens is 1. The van der Waals surface area contributed by atoms with Crippen LogP contribution in [-0.2, 0) is 11.2 Å². The standard InChI is InChI=1S/C17H21ClN4O2/c1-12-19-17(24-21-12)9-8-16(23)20-13-5-4-10-22(11-13)15-7-3-2-6-14(15)18/h2-3,6-7,13H,4-5,8-11H2,1H3,(H,20,23)/t13-/m1/s1. The first-order chi connectivity index (χ1) is 11.6. The van der Waals surface area contributed by atoms with Gasteiger partial charge in [-0.3, -0.25) is 4.79 Å². The Bertz CT molecular complexity index is 703. The van der Waals surface area contributed by atoms with Crippen molar-refractivity contribution in [3.63, 3.8) is 0 Å². The van der Waals surface area contributed by atoms with E-state index >= 15 is 0 Å². The fourth-order valence-corrected chi connectivity index (χ4v) is 3.24. The second kappa shape index (κ2) is 7.66. The quantitative estimate of drug-likeness (QED) is 0.899. The summed E-state index contributed by atoms with van der Waals surface area (Å²) in [6.45, 7) is 3.49. The maximum Gasteiger partial charge on any atom is 0.227 e. The van der Waals surface area contributed by atoms with Gasteiger partial charge in [-0.2, -0.15) is 4.98 Å². The van der Waals surface area contributed by atoms with Gasteiger partial charge in [0.2, 0.25) is 11.8 Å². The largest absolute Gasteiger partial charge is 0.368 e. The molecule has 1 saturated heterocycles. The lowest BCUT2D eigenvalue weighted by atomic mass is 10.0. The number of aromatic nitrogens is 2. The van der Waals surface area contributed by atoms with E-state index in [1.54, 1.807) is 6.92 Å². The van der Waals surface area contributed by atoms with E-state index in [4.69, 9.17) is 16.1 Å². The van der Waals surface area contributed by atoms with E-state index in [-0.39, 0.29) is 11.9 Å². The van der Waals surface area contributed by atoms with Gasteiger partial charge in [-0.15, -0.1) is 0 Å². The van der Waals surface area contributed by atoms with Gasteiger partial charge < -0.3 is 14.7 Å². The van der Waals surface area contributed by atoms with E-state index in [1.165, 1.54) is 0 Å². The Morgan fingerprint density at radius 2 is 2.29 bits per heavy atom. The number of piperidine rings is 1. The lowest BCUT2D eigenvalue weighted by Crippen LogP contribution is -2.48. The molecule has 0 radical (unpaired) electrons. The summed E-state index contributed by atoms with van der Waals surface area (Å²) < 4.78 is 5.03. The van der Waals surface area contributed by atoms with Crippen molar-refractivity contribution in [3.05, 3.63) is 41.0 Å². The molecule has 2 aromatic rings. The van der Waals surface area contributed by atoms with Gasteiger partial charge in [-0.1, -0.05) is 28.9 Å². The maximum absolute atomic E-state index is 12.2. The van der Waals surface area contributed by atoms with Crippen molar-refractivity contribution >= 4 is 23.2 Å². The summed E-state index contributed by atoms with van der Waals surface area (Å²) >= 11 is 6.28. The van der Waals surface area contributed by atoms with Crippen LogP contribution in [0.5, 0.6) is 0 Å². The number of hydrogen-bond acceptors (Lipinski definition) is 5. The number of amides is 1. The molecule has 0 saturated carbocycles. The van der Waals surface area contributed by atoms with E-state index in [1.807, 2.05) is 24.3 Å². The van der Waals surface area contributed by atoms with Gasteiger partial charge in [-0.25, -0.2) is 0 Å². The fraction of sp³-hybridized carbons (Fsp3) is 0.471. The highest BCUT2D eigenvalue weighted by Gasteiger charge is 2.22. The highest BCUT2D eigenvalue weighted by Crippen LogP contribution is 2.27. The molecule has 1 atom stereocenters. The minimum Gasteiger partial charge on any atom is -0.368 e. The smallest absolute Gasteiger partial charge is 0.227 e. The van der Waals surface area contributed by atoms with Crippen LogP contribution in [0.3, 0.4) is 0 Å². The lowest BCUT2D eigenvalue weighted by molar-refractivity contribution is -0.121.